The van der Waals surface area contributed by atoms with Crippen molar-refractivity contribution in [1.29, 1.82) is 0 Å². The average Bonchev–Trinajstić information content (AvgIpc) is 3.08. The van der Waals surface area contributed by atoms with Crippen LogP contribution in [0.4, 0.5) is 5.69 Å². The summed E-state index contributed by atoms with van der Waals surface area (Å²) >= 11 is 0. The summed E-state index contributed by atoms with van der Waals surface area (Å²) in [6.45, 7) is 1.28. The summed E-state index contributed by atoms with van der Waals surface area (Å²) in [5, 5.41) is 0. The molecular weight excluding hydrogens is 344 g/mol. The minimum atomic E-state index is -0.316. The highest BCUT2D eigenvalue weighted by molar-refractivity contribution is 5.98. The second kappa shape index (κ2) is 8.58. The van der Waals surface area contributed by atoms with E-state index in [1.165, 1.54) is 0 Å². The molecule has 142 valence electrons. The van der Waals surface area contributed by atoms with Gasteiger partial charge < -0.3 is 19.3 Å². The van der Waals surface area contributed by atoms with Gasteiger partial charge in [0.2, 0.25) is 11.8 Å². The number of nitrogens with zero attached hydrogens (tertiary/aromatic N) is 2. The standard InChI is InChI=1S/C21H24N2O4/c1-22(17-6-4-3-5-7-17)21(25)16-14-20(24)23(15-16)12-13-27-19-10-8-18(26-2)9-11-19/h3-11,16H,12-15H2,1-2H3. The van der Waals surface area contributed by atoms with E-state index in [-0.39, 0.29) is 24.2 Å². The summed E-state index contributed by atoms with van der Waals surface area (Å²) in [7, 11) is 3.36. The lowest BCUT2D eigenvalue weighted by atomic mass is 10.1. The van der Waals surface area contributed by atoms with Crippen molar-refractivity contribution in [1.82, 2.24) is 4.90 Å². The number of amides is 2. The summed E-state index contributed by atoms with van der Waals surface area (Å²) in [6.07, 6.45) is 0.249. The van der Waals surface area contributed by atoms with Gasteiger partial charge in [0.1, 0.15) is 18.1 Å². The number of methoxy groups -OCH3 is 1. The first kappa shape index (κ1) is 18.8. The SMILES string of the molecule is COc1ccc(OCCN2CC(C(=O)N(C)c3ccccc3)CC2=O)cc1. The number of likely N-dealkylation sites (tertiary alicyclic amines) is 1. The number of benzene rings is 2. The van der Waals surface area contributed by atoms with Gasteiger partial charge in [0.25, 0.3) is 0 Å². The van der Waals surface area contributed by atoms with Crippen LogP contribution in [0.5, 0.6) is 11.5 Å². The predicted molar refractivity (Wildman–Crippen MR) is 103 cm³/mol. The van der Waals surface area contributed by atoms with Crippen LogP contribution in [0, 0.1) is 5.92 Å². The maximum atomic E-state index is 12.7. The van der Waals surface area contributed by atoms with Crippen molar-refractivity contribution >= 4 is 17.5 Å². The second-order valence-electron chi connectivity index (χ2n) is 6.50. The molecule has 6 nitrogen and oxygen atoms in total. The van der Waals surface area contributed by atoms with Crippen LogP contribution in [-0.4, -0.2) is 50.6 Å². The lowest BCUT2D eigenvalue weighted by Crippen LogP contribution is -2.35. The van der Waals surface area contributed by atoms with Crippen molar-refractivity contribution in [3.63, 3.8) is 0 Å². The molecule has 2 amide bonds. The van der Waals surface area contributed by atoms with E-state index < -0.39 is 0 Å². The van der Waals surface area contributed by atoms with Gasteiger partial charge in [0, 0.05) is 25.7 Å². The Hall–Kier alpha value is -3.02. The molecule has 0 saturated carbocycles. The normalized spacial score (nSPS) is 16.3. The van der Waals surface area contributed by atoms with E-state index in [0.29, 0.717) is 19.7 Å². The van der Waals surface area contributed by atoms with Crippen LogP contribution in [0.3, 0.4) is 0 Å². The molecule has 1 unspecified atom stereocenters. The maximum absolute atomic E-state index is 12.7. The molecule has 0 radical (unpaired) electrons. The van der Waals surface area contributed by atoms with Gasteiger partial charge >= 0.3 is 0 Å². The van der Waals surface area contributed by atoms with Crippen molar-refractivity contribution < 1.29 is 19.1 Å². The third kappa shape index (κ3) is 4.58. The Labute approximate surface area is 159 Å². The monoisotopic (exact) mass is 368 g/mol. The van der Waals surface area contributed by atoms with Crippen molar-refractivity contribution in [2.75, 3.05) is 38.8 Å². The van der Waals surface area contributed by atoms with E-state index in [4.69, 9.17) is 9.47 Å². The Kier molecular flexibility index (Phi) is 5.96. The van der Waals surface area contributed by atoms with Crippen molar-refractivity contribution in [2.24, 2.45) is 5.92 Å². The fraction of sp³-hybridized carbons (Fsp3) is 0.333. The molecule has 0 bridgehead atoms. The number of hydrogen-bond donors (Lipinski definition) is 0. The molecule has 1 aliphatic heterocycles. The van der Waals surface area contributed by atoms with Crippen molar-refractivity contribution in [3.8, 4) is 11.5 Å². The zero-order valence-electron chi connectivity index (χ0n) is 15.6. The highest BCUT2D eigenvalue weighted by Gasteiger charge is 2.35. The largest absolute Gasteiger partial charge is 0.497 e. The Morgan fingerprint density at radius 3 is 2.44 bits per heavy atom. The fourth-order valence-electron chi connectivity index (χ4n) is 3.15. The van der Waals surface area contributed by atoms with E-state index in [1.54, 1.807) is 24.0 Å². The first-order valence-corrected chi connectivity index (χ1v) is 8.95. The number of carbonyl (C=O) groups excluding carboxylic acids is 2. The van der Waals surface area contributed by atoms with Gasteiger partial charge in [-0.1, -0.05) is 18.2 Å². The Bertz CT molecular complexity index is 777. The first-order chi connectivity index (χ1) is 13.1. The molecule has 1 heterocycles. The van der Waals surface area contributed by atoms with Gasteiger partial charge in [-0.25, -0.2) is 0 Å². The van der Waals surface area contributed by atoms with E-state index in [1.807, 2.05) is 54.6 Å². The minimum absolute atomic E-state index is 0.00635. The van der Waals surface area contributed by atoms with Crippen LogP contribution < -0.4 is 14.4 Å². The summed E-state index contributed by atoms with van der Waals surface area (Å²) in [5.74, 6) is 1.13. The van der Waals surface area contributed by atoms with Crippen LogP contribution in [0.25, 0.3) is 0 Å². The van der Waals surface area contributed by atoms with Crippen LogP contribution in [0.1, 0.15) is 6.42 Å². The summed E-state index contributed by atoms with van der Waals surface area (Å²) < 4.78 is 10.8. The molecule has 27 heavy (non-hydrogen) atoms. The molecule has 2 aromatic rings. The molecule has 1 saturated heterocycles. The zero-order chi connectivity index (χ0) is 19.2. The quantitative estimate of drug-likeness (QED) is 0.754. The highest BCUT2D eigenvalue weighted by atomic mass is 16.5. The van der Waals surface area contributed by atoms with E-state index in [2.05, 4.69) is 0 Å². The van der Waals surface area contributed by atoms with E-state index in [0.717, 1.165) is 17.2 Å². The van der Waals surface area contributed by atoms with Gasteiger partial charge in [-0.3, -0.25) is 9.59 Å². The summed E-state index contributed by atoms with van der Waals surface area (Å²) in [6, 6.07) is 16.8. The maximum Gasteiger partial charge on any atom is 0.232 e. The third-order valence-corrected chi connectivity index (χ3v) is 4.73. The van der Waals surface area contributed by atoms with Crippen LogP contribution in [0.2, 0.25) is 0 Å². The van der Waals surface area contributed by atoms with Gasteiger partial charge in [-0.15, -0.1) is 0 Å². The predicted octanol–water partition coefficient (Wildman–Crippen LogP) is 2.59. The number of rotatable bonds is 7. The fourth-order valence-corrected chi connectivity index (χ4v) is 3.15. The Morgan fingerprint density at radius 1 is 1.11 bits per heavy atom. The Morgan fingerprint density at radius 2 is 1.78 bits per heavy atom. The molecule has 0 aromatic heterocycles. The molecule has 0 spiro atoms. The van der Waals surface area contributed by atoms with Gasteiger partial charge in [-0.2, -0.15) is 0 Å². The lowest BCUT2D eigenvalue weighted by molar-refractivity contribution is -0.128. The molecular formula is C21H24N2O4. The summed E-state index contributed by atoms with van der Waals surface area (Å²) in [4.78, 5) is 28.3. The molecule has 3 rings (SSSR count). The molecule has 1 aliphatic rings. The molecule has 2 aromatic carbocycles. The molecule has 1 fully saturated rings. The number of carbonyl (C=O) groups is 2. The zero-order valence-corrected chi connectivity index (χ0v) is 15.6. The number of anilines is 1. The lowest BCUT2D eigenvalue weighted by Gasteiger charge is -2.21. The average molecular weight is 368 g/mol. The van der Waals surface area contributed by atoms with Gasteiger partial charge in [0.15, 0.2) is 0 Å². The highest BCUT2D eigenvalue weighted by Crippen LogP contribution is 2.23. The van der Waals surface area contributed by atoms with Gasteiger partial charge in [-0.05, 0) is 36.4 Å². The smallest absolute Gasteiger partial charge is 0.232 e. The van der Waals surface area contributed by atoms with Crippen molar-refractivity contribution in [3.05, 3.63) is 54.6 Å². The van der Waals surface area contributed by atoms with Crippen LogP contribution in [-0.2, 0) is 9.59 Å². The summed E-state index contributed by atoms with van der Waals surface area (Å²) in [5.41, 5.74) is 0.830. The first-order valence-electron chi connectivity index (χ1n) is 8.95. The molecule has 6 heteroatoms. The molecule has 0 aliphatic carbocycles. The van der Waals surface area contributed by atoms with Gasteiger partial charge in [0.05, 0.1) is 19.6 Å². The third-order valence-electron chi connectivity index (χ3n) is 4.73. The van der Waals surface area contributed by atoms with Crippen LogP contribution >= 0.6 is 0 Å². The molecule has 1 atom stereocenters. The number of ether oxygens (including phenoxy) is 2. The number of para-hydroxylation sites is 1. The van der Waals surface area contributed by atoms with Crippen molar-refractivity contribution in [2.45, 2.75) is 6.42 Å². The minimum Gasteiger partial charge on any atom is -0.497 e. The Balaban J connectivity index is 1.50. The topological polar surface area (TPSA) is 59.1 Å². The van der Waals surface area contributed by atoms with E-state index >= 15 is 0 Å². The molecule has 0 N–H and O–H groups in total. The second-order valence-corrected chi connectivity index (χ2v) is 6.50. The van der Waals surface area contributed by atoms with E-state index in [9.17, 15) is 9.59 Å². The van der Waals surface area contributed by atoms with Crippen LogP contribution in [0.15, 0.2) is 54.6 Å². The number of hydrogen-bond acceptors (Lipinski definition) is 4.